The molecule has 1 atom stereocenters. The zero-order chi connectivity index (χ0) is 14.8. The lowest BCUT2D eigenvalue weighted by atomic mass is 9.62. The Morgan fingerprint density at radius 1 is 0.773 bits per heavy atom. The number of hydrogen-bond donors (Lipinski definition) is 0. The molecular formula is C22H24. The van der Waals surface area contributed by atoms with Crippen molar-refractivity contribution in [1.82, 2.24) is 0 Å². The third-order valence-electron chi connectivity index (χ3n) is 5.76. The Bertz CT molecular complexity index is 611. The van der Waals surface area contributed by atoms with E-state index in [1.807, 2.05) is 0 Å². The zero-order valence-corrected chi connectivity index (χ0v) is 13.2. The summed E-state index contributed by atoms with van der Waals surface area (Å²) in [6.45, 7) is 0. The minimum Gasteiger partial charge on any atom is -0.0850 e. The van der Waals surface area contributed by atoms with Crippen molar-refractivity contribution in [3.63, 3.8) is 0 Å². The van der Waals surface area contributed by atoms with Gasteiger partial charge in [-0.15, -0.1) is 0 Å². The molecule has 2 aliphatic rings. The average Bonchev–Trinajstić information content (AvgIpc) is 2.98. The summed E-state index contributed by atoms with van der Waals surface area (Å²) in [6.07, 6.45) is 10.4. The molecule has 0 saturated heterocycles. The molecule has 0 aromatic heterocycles. The fourth-order valence-corrected chi connectivity index (χ4v) is 4.85. The summed E-state index contributed by atoms with van der Waals surface area (Å²) in [7, 11) is 0. The van der Waals surface area contributed by atoms with Gasteiger partial charge in [-0.25, -0.2) is 0 Å². The first-order valence-corrected chi connectivity index (χ1v) is 8.71. The van der Waals surface area contributed by atoms with Gasteiger partial charge in [0, 0.05) is 5.41 Å². The van der Waals surface area contributed by atoms with E-state index in [0.29, 0.717) is 5.92 Å². The third-order valence-corrected chi connectivity index (χ3v) is 5.76. The first-order chi connectivity index (χ1) is 10.9. The van der Waals surface area contributed by atoms with Crippen LogP contribution in [0, 0.1) is 5.92 Å². The molecule has 0 bridgehead atoms. The van der Waals surface area contributed by atoms with Gasteiger partial charge in [0.2, 0.25) is 0 Å². The lowest BCUT2D eigenvalue weighted by Crippen LogP contribution is -2.35. The van der Waals surface area contributed by atoms with Crippen LogP contribution in [-0.4, -0.2) is 0 Å². The number of hydrogen-bond acceptors (Lipinski definition) is 0. The normalized spacial score (nSPS) is 23.5. The Kier molecular flexibility index (Phi) is 3.62. The maximum absolute atomic E-state index is 2.56. The first kappa shape index (κ1) is 13.8. The second kappa shape index (κ2) is 5.76. The average molecular weight is 288 g/mol. The molecular weight excluding hydrogens is 264 g/mol. The Hall–Kier alpha value is -1.82. The van der Waals surface area contributed by atoms with Gasteiger partial charge in [-0.1, -0.05) is 72.3 Å². The molecule has 0 radical (unpaired) electrons. The highest BCUT2D eigenvalue weighted by atomic mass is 14.5. The molecule has 1 fully saturated rings. The summed E-state index contributed by atoms with van der Waals surface area (Å²) < 4.78 is 0. The number of rotatable bonds is 2. The van der Waals surface area contributed by atoms with Crippen LogP contribution in [0.25, 0.3) is 0 Å². The third kappa shape index (κ3) is 2.13. The highest BCUT2D eigenvalue weighted by Crippen LogP contribution is 2.53. The minimum absolute atomic E-state index is 0.182. The van der Waals surface area contributed by atoms with Crippen molar-refractivity contribution < 1.29 is 0 Å². The van der Waals surface area contributed by atoms with Crippen molar-refractivity contribution in [3.05, 3.63) is 83.4 Å². The van der Waals surface area contributed by atoms with Crippen molar-refractivity contribution in [2.24, 2.45) is 5.92 Å². The van der Waals surface area contributed by atoms with E-state index in [1.54, 1.807) is 5.57 Å². The molecule has 4 rings (SSSR count). The summed E-state index contributed by atoms with van der Waals surface area (Å²) in [5, 5.41) is 0. The lowest BCUT2D eigenvalue weighted by Gasteiger charge is -2.41. The largest absolute Gasteiger partial charge is 0.0850 e. The van der Waals surface area contributed by atoms with Crippen LogP contribution in [0.2, 0.25) is 0 Å². The monoisotopic (exact) mass is 288 g/mol. The highest BCUT2D eigenvalue weighted by molar-refractivity contribution is 5.44. The van der Waals surface area contributed by atoms with E-state index in [2.05, 4.69) is 66.7 Å². The smallest absolute Gasteiger partial charge is 0.0268 e. The second-order valence-corrected chi connectivity index (χ2v) is 6.82. The topological polar surface area (TPSA) is 0 Å². The van der Waals surface area contributed by atoms with E-state index in [9.17, 15) is 0 Å². The van der Waals surface area contributed by atoms with Crippen LogP contribution >= 0.6 is 0 Å². The van der Waals surface area contributed by atoms with Crippen molar-refractivity contribution in [2.45, 2.75) is 43.9 Å². The molecule has 0 spiro atoms. The van der Waals surface area contributed by atoms with E-state index in [-0.39, 0.29) is 5.41 Å². The predicted molar refractivity (Wildman–Crippen MR) is 92.9 cm³/mol. The summed E-state index contributed by atoms with van der Waals surface area (Å²) >= 11 is 0. The van der Waals surface area contributed by atoms with Gasteiger partial charge in [0.1, 0.15) is 0 Å². The van der Waals surface area contributed by atoms with E-state index < -0.39 is 0 Å². The van der Waals surface area contributed by atoms with Crippen LogP contribution < -0.4 is 0 Å². The molecule has 1 unspecified atom stereocenters. The van der Waals surface area contributed by atoms with Crippen LogP contribution in [0.3, 0.4) is 0 Å². The Labute approximate surface area is 133 Å². The van der Waals surface area contributed by atoms with Crippen LogP contribution in [0.1, 0.15) is 49.7 Å². The van der Waals surface area contributed by atoms with E-state index in [4.69, 9.17) is 0 Å². The van der Waals surface area contributed by atoms with E-state index >= 15 is 0 Å². The van der Waals surface area contributed by atoms with Gasteiger partial charge in [-0.2, -0.15) is 0 Å². The Balaban J connectivity index is 1.94. The molecule has 0 amide bonds. The molecule has 22 heavy (non-hydrogen) atoms. The van der Waals surface area contributed by atoms with Gasteiger partial charge in [0.05, 0.1) is 0 Å². The molecule has 0 N–H and O–H groups in total. The first-order valence-electron chi connectivity index (χ1n) is 8.71. The van der Waals surface area contributed by atoms with E-state index in [0.717, 1.165) is 0 Å². The summed E-state index contributed by atoms with van der Waals surface area (Å²) in [5.41, 5.74) is 4.94. The summed E-state index contributed by atoms with van der Waals surface area (Å²) in [4.78, 5) is 0. The van der Waals surface area contributed by atoms with Crippen molar-refractivity contribution in [2.75, 3.05) is 0 Å². The maximum atomic E-state index is 2.56. The minimum atomic E-state index is 0.182. The fourth-order valence-electron chi connectivity index (χ4n) is 4.85. The standard InChI is InChI=1S/C22H24/c1-3-12-19(13-4-1)22(20-14-5-2-6-15-20)17-8-7-10-18-11-9-16-21(18)22/h1-6,10,12-15,21H,7-9,11,16-17H2. The quantitative estimate of drug-likeness (QED) is 0.605. The molecule has 0 nitrogen and oxygen atoms in total. The van der Waals surface area contributed by atoms with Crippen molar-refractivity contribution >= 4 is 0 Å². The van der Waals surface area contributed by atoms with Crippen molar-refractivity contribution in [1.29, 1.82) is 0 Å². The SMILES string of the molecule is C1=C2CCCC2C(c2ccccc2)(c2ccccc2)CCC1. The number of fused-ring (bicyclic) bond motifs is 1. The van der Waals surface area contributed by atoms with E-state index in [1.165, 1.54) is 49.7 Å². The van der Waals surface area contributed by atoms with Crippen LogP contribution in [0.15, 0.2) is 72.3 Å². The van der Waals surface area contributed by atoms with Gasteiger partial charge < -0.3 is 0 Å². The van der Waals surface area contributed by atoms with Crippen LogP contribution in [-0.2, 0) is 5.41 Å². The molecule has 0 heterocycles. The second-order valence-electron chi connectivity index (χ2n) is 6.82. The molecule has 2 aromatic carbocycles. The predicted octanol–water partition coefficient (Wildman–Crippen LogP) is 5.88. The van der Waals surface area contributed by atoms with Crippen molar-refractivity contribution in [3.8, 4) is 0 Å². The van der Waals surface area contributed by atoms with Crippen LogP contribution in [0.4, 0.5) is 0 Å². The van der Waals surface area contributed by atoms with Gasteiger partial charge >= 0.3 is 0 Å². The van der Waals surface area contributed by atoms with Gasteiger partial charge in [-0.05, 0) is 55.6 Å². The molecule has 2 aliphatic carbocycles. The Morgan fingerprint density at radius 3 is 2.05 bits per heavy atom. The van der Waals surface area contributed by atoms with Gasteiger partial charge in [-0.3, -0.25) is 0 Å². The number of allylic oxidation sites excluding steroid dienone is 2. The zero-order valence-electron chi connectivity index (χ0n) is 13.2. The molecule has 112 valence electrons. The number of benzene rings is 2. The lowest BCUT2D eigenvalue weighted by molar-refractivity contribution is 0.346. The Morgan fingerprint density at radius 2 is 1.41 bits per heavy atom. The summed E-state index contributed by atoms with van der Waals surface area (Å²) in [6, 6.07) is 22.6. The maximum Gasteiger partial charge on any atom is 0.0268 e. The van der Waals surface area contributed by atoms with Crippen LogP contribution in [0.5, 0.6) is 0 Å². The summed E-state index contributed by atoms with van der Waals surface area (Å²) in [5.74, 6) is 0.694. The van der Waals surface area contributed by atoms with Gasteiger partial charge in [0.15, 0.2) is 0 Å². The molecule has 2 aromatic rings. The van der Waals surface area contributed by atoms with Gasteiger partial charge in [0.25, 0.3) is 0 Å². The molecule has 1 saturated carbocycles. The molecule has 0 heteroatoms. The fraction of sp³-hybridized carbons (Fsp3) is 0.364. The highest BCUT2D eigenvalue weighted by Gasteiger charge is 2.45. The molecule has 0 aliphatic heterocycles.